The monoisotopic (exact) mass is 357 g/mol. The van der Waals surface area contributed by atoms with Crippen molar-refractivity contribution in [2.45, 2.75) is 20.0 Å². The number of rotatable bonds is 5. The summed E-state index contributed by atoms with van der Waals surface area (Å²) in [5.74, 6) is 0.646. The van der Waals surface area contributed by atoms with Gasteiger partial charge in [-0.1, -0.05) is 24.3 Å². The van der Waals surface area contributed by atoms with Crippen LogP contribution >= 0.6 is 0 Å². The van der Waals surface area contributed by atoms with Crippen molar-refractivity contribution in [2.24, 2.45) is 5.41 Å². The Morgan fingerprint density at radius 1 is 1.23 bits per heavy atom. The molecular formula is C21H29N2O3+. The van der Waals surface area contributed by atoms with Crippen molar-refractivity contribution in [1.29, 1.82) is 0 Å². The van der Waals surface area contributed by atoms with E-state index in [4.69, 9.17) is 9.47 Å². The van der Waals surface area contributed by atoms with E-state index in [9.17, 15) is 4.79 Å². The molecule has 140 valence electrons. The van der Waals surface area contributed by atoms with Gasteiger partial charge in [-0.25, -0.2) is 0 Å². The highest BCUT2D eigenvalue weighted by Gasteiger charge is 2.49. The summed E-state index contributed by atoms with van der Waals surface area (Å²) in [7, 11) is 3.86. The first-order valence-electron chi connectivity index (χ1n) is 9.21. The fourth-order valence-corrected chi connectivity index (χ4v) is 3.87. The molecule has 0 bridgehead atoms. The van der Waals surface area contributed by atoms with Crippen LogP contribution in [0, 0.1) is 5.41 Å². The number of nitrogens with zero attached hydrogens (tertiary/aromatic N) is 1. The molecule has 1 aliphatic heterocycles. The Morgan fingerprint density at radius 2 is 1.92 bits per heavy atom. The van der Waals surface area contributed by atoms with Crippen molar-refractivity contribution < 1.29 is 18.8 Å². The van der Waals surface area contributed by atoms with Gasteiger partial charge in [-0.3, -0.25) is 9.28 Å². The third-order valence-electron chi connectivity index (χ3n) is 5.61. The molecule has 3 rings (SSSR count). The molecule has 2 aliphatic rings. The second-order valence-corrected chi connectivity index (χ2v) is 7.53. The lowest BCUT2D eigenvalue weighted by Crippen LogP contribution is -2.59. The van der Waals surface area contributed by atoms with E-state index >= 15 is 0 Å². The number of hydrogen-bond donors (Lipinski definition) is 1. The zero-order valence-corrected chi connectivity index (χ0v) is 16.0. The first-order valence-corrected chi connectivity index (χ1v) is 9.21. The van der Waals surface area contributed by atoms with Crippen LogP contribution in [-0.2, 0) is 16.1 Å². The van der Waals surface area contributed by atoms with Crippen molar-refractivity contribution in [3.63, 3.8) is 0 Å². The standard InChI is InChI=1S/C21H29N2O3/c1-21(20(24)26-16-17-7-9-18(25-3)10-8-17)11-5-4-6-19(21)23(2)14-12-22-13-15-23/h4-10,22H,11-16H2,1-3H3/q+1. The molecule has 0 saturated carbocycles. The predicted molar refractivity (Wildman–Crippen MR) is 102 cm³/mol. The summed E-state index contributed by atoms with van der Waals surface area (Å²) < 4.78 is 11.7. The van der Waals surface area contributed by atoms with Crippen molar-refractivity contribution in [3.8, 4) is 5.75 Å². The van der Waals surface area contributed by atoms with Gasteiger partial charge in [0.25, 0.3) is 0 Å². The van der Waals surface area contributed by atoms with E-state index in [1.165, 1.54) is 0 Å². The fourth-order valence-electron chi connectivity index (χ4n) is 3.87. The molecule has 1 atom stereocenters. The third-order valence-corrected chi connectivity index (χ3v) is 5.61. The lowest BCUT2D eigenvalue weighted by atomic mass is 9.78. The van der Waals surface area contributed by atoms with E-state index in [1.807, 2.05) is 31.2 Å². The minimum atomic E-state index is -0.618. The van der Waals surface area contributed by atoms with Crippen LogP contribution in [0.25, 0.3) is 0 Å². The van der Waals surface area contributed by atoms with Gasteiger partial charge in [0.15, 0.2) is 0 Å². The Kier molecular flexibility index (Phi) is 5.49. The van der Waals surface area contributed by atoms with Crippen LogP contribution in [0.5, 0.6) is 5.75 Å². The number of piperazine rings is 1. The lowest BCUT2D eigenvalue weighted by Gasteiger charge is -2.45. The number of esters is 1. The zero-order chi connectivity index (χ0) is 18.6. The van der Waals surface area contributed by atoms with Gasteiger partial charge in [0.2, 0.25) is 0 Å². The second-order valence-electron chi connectivity index (χ2n) is 7.53. The molecule has 5 heteroatoms. The summed E-state index contributed by atoms with van der Waals surface area (Å²) in [6.07, 6.45) is 6.93. The van der Waals surface area contributed by atoms with Gasteiger partial charge in [-0.15, -0.1) is 0 Å². The average Bonchev–Trinajstić information content (AvgIpc) is 2.67. The van der Waals surface area contributed by atoms with Gasteiger partial charge in [-0.2, -0.15) is 0 Å². The Hall–Kier alpha value is -2.11. The van der Waals surface area contributed by atoms with Crippen LogP contribution in [0.15, 0.2) is 48.2 Å². The third kappa shape index (κ3) is 3.69. The maximum Gasteiger partial charge on any atom is 0.322 e. The Morgan fingerprint density at radius 3 is 2.58 bits per heavy atom. The highest BCUT2D eigenvalue weighted by molar-refractivity contribution is 5.80. The molecule has 5 nitrogen and oxygen atoms in total. The number of benzene rings is 1. The summed E-state index contributed by atoms with van der Waals surface area (Å²) in [6, 6.07) is 7.62. The Labute approximate surface area is 155 Å². The van der Waals surface area contributed by atoms with E-state index in [0.29, 0.717) is 6.42 Å². The average molecular weight is 357 g/mol. The molecule has 1 saturated heterocycles. The second kappa shape index (κ2) is 7.64. The van der Waals surface area contributed by atoms with E-state index in [2.05, 4.69) is 30.6 Å². The van der Waals surface area contributed by atoms with Gasteiger partial charge in [-0.05, 0) is 37.1 Å². The number of hydrogen-bond acceptors (Lipinski definition) is 4. The number of ether oxygens (including phenoxy) is 2. The van der Waals surface area contributed by atoms with Gasteiger partial charge in [0.1, 0.15) is 23.5 Å². The van der Waals surface area contributed by atoms with E-state index in [1.54, 1.807) is 7.11 Å². The van der Waals surface area contributed by atoms with Crippen molar-refractivity contribution in [2.75, 3.05) is 40.3 Å². The molecular weight excluding hydrogens is 328 g/mol. The minimum Gasteiger partial charge on any atom is -0.497 e. The van der Waals surface area contributed by atoms with Crippen LogP contribution in [-0.4, -0.2) is 50.8 Å². The maximum atomic E-state index is 13.1. The number of quaternary nitrogens is 1. The van der Waals surface area contributed by atoms with Crippen LogP contribution in [0.1, 0.15) is 18.9 Å². The summed E-state index contributed by atoms with van der Waals surface area (Å²) in [4.78, 5) is 13.1. The summed E-state index contributed by atoms with van der Waals surface area (Å²) >= 11 is 0. The molecule has 26 heavy (non-hydrogen) atoms. The largest absolute Gasteiger partial charge is 0.497 e. The number of nitrogens with one attached hydrogen (secondary N) is 1. The molecule has 1 unspecified atom stereocenters. The number of methoxy groups -OCH3 is 1. The number of carbonyl (C=O) groups excluding carboxylic acids is 1. The van der Waals surface area contributed by atoms with E-state index in [0.717, 1.165) is 47.7 Å². The van der Waals surface area contributed by atoms with Crippen molar-refractivity contribution in [1.82, 2.24) is 5.32 Å². The van der Waals surface area contributed by atoms with Crippen LogP contribution < -0.4 is 10.1 Å². The number of carbonyl (C=O) groups is 1. The Bertz CT molecular complexity index is 702. The minimum absolute atomic E-state index is 0.151. The number of allylic oxidation sites excluding steroid dienone is 3. The first-order chi connectivity index (χ1) is 12.5. The molecule has 0 spiro atoms. The highest BCUT2D eigenvalue weighted by Crippen LogP contribution is 2.41. The molecule has 1 aliphatic carbocycles. The molecule has 1 fully saturated rings. The summed E-state index contributed by atoms with van der Waals surface area (Å²) in [5, 5.41) is 3.40. The number of likely N-dealkylation sites (N-methyl/N-ethyl adjacent to an activating group) is 1. The van der Waals surface area contributed by atoms with Crippen LogP contribution in [0.2, 0.25) is 0 Å². The topological polar surface area (TPSA) is 47.6 Å². The fraction of sp³-hybridized carbons (Fsp3) is 0.476. The van der Waals surface area contributed by atoms with E-state index in [-0.39, 0.29) is 12.6 Å². The normalized spacial score (nSPS) is 24.7. The highest BCUT2D eigenvalue weighted by atomic mass is 16.5. The smallest absolute Gasteiger partial charge is 0.322 e. The lowest BCUT2D eigenvalue weighted by molar-refractivity contribution is -0.879. The molecule has 0 aromatic heterocycles. The summed E-state index contributed by atoms with van der Waals surface area (Å²) in [6.45, 7) is 6.20. The summed E-state index contributed by atoms with van der Waals surface area (Å²) in [5.41, 5.74) is 1.50. The van der Waals surface area contributed by atoms with Crippen molar-refractivity contribution in [3.05, 3.63) is 53.8 Å². The van der Waals surface area contributed by atoms with Gasteiger partial charge in [0.05, 0.1) is 27.2 Å². The predicted octanol–water partition coefficient (Wildman–Crippen LogP) is 2.64. The van der Waals surface area contributed by atoms with Crippen LogP contribution in [0.3, 0.4) is 0 Å². The van der Waals surface area contributed by atoms with Gasteiger partial charge in [0, 0.05) is 13.1 Å². The zero-order valence-electron chi connectivity index (χ0n) is 16.0. The molecule has 0 radical (unpaired) electrons. The molecule has 0 amide bonds. The quantitative estimate of drug-likeness (QED) is 0.650. The molecule has 1 heterocycles. The van der Waals surface area contributed by atoms with Crippen LogP contribution in [0.4, 0.5) is 0 Å². The first kappa shape index (κ1) is 18.7. The SMILES string of the molecule is COc1ccc(COC(=O)C2(C)CC=CC=C2[N+]2(C)CCNCC2)cc1. The maximum absolute atomic E-state index is 13.1. The van der Waals surface area contributed by atoms with Gasteiger partial charge >= 0.3 is 5.97 Å². The molecule has 1 aromatic rings. The molecule has 1 N–H and O–H groups in total. The van der Waals surface area contributed by atoms with Crippen molar-refractivity contribution >= 4 is 5.97 Å². The Balaban J connectivity index is 1.73. The van der Waals surface area contributed by atoms with E-state index < -0.39 is 5.41 Å². The van der Waals surface area contributed by atoms with Gasteiger partial charge < -0.3 is 14.8 Å². The molecule has 1 aromatic carbocycles.